The van der Waals surface area contributed by atoms with Crippen LogP contribution < -0.4 is 5.56 Å². The van der Waals surface area contributed by atoms with Crippen LogP contribution in [0.25, 0.3) is 11.4 Å². The van der Waals surface area contributed by atoms with Gasteiger partial charge in [0.1, 0.15) is 5.82 Å². The van der Waals surface area contributed by atoms with Crippen molar-refractivity contribution in [1.29, 1.82) is 0 Å². The number of aromatic amines is 1. The predicted molar refractivity (Wildman–Crippen MR) is 65.3 cm³/mol. The van der Waals surface area contributed by atoms with Crippen molar-refractivity contribution in [3.05, 3.63) is 46.6 Å². The lowest BCUT2D eigenvalue weighted by Crippen LogP contribution is -2.09. The van der Waals surface area contributed by atoms with Crippen molar-refractivity contribution in [3.63, 3.8) is 0 Å². The highest BCUT2D eigenvalue weighted by molar-refractivity contribution is 7.97. The number of hydrogen-bond donors (Lipinski definition) is 1. The van der Waals surface area contributed by atoms with E-state index in [0.29, 0.717) is 5.82 Å². The van der Waals surface area contributed by atoms with Crippen LogP contribution in [0, 0.1) is 0 Å². The summed E-state index contributed by atoms with van der Waals surface area (Å²) in [5.41, 5.74) is 1.55. The zero-order valence-electron chi connectivity index (χ0n) is 8.80. The van der Waals surface area contributed by atoms with Crippen LogP contribution in [0.3, 0.4) is 0 Å². The second kappa shape index (κ2) is 4.94. The van der Waals surface area contributed by atoms with E-state index < -0.39 is 0 Å². The Balaban J connectivity index is 2.45. The molecule has 5 heteroatoms. The van der Waals surface area contributed by atoms with Gasteiger partial charge in [-0.3, -0.25) is 9.78 Å². The monoisotopic (exact) mass is 233 g/mol. The molecule has 0 aliphatic carbocycles. The van der Waals surface area contributed by atoms with Crippen molar-refractivity contribution in [2.45, 2.75) is 5.75 Å². The van der Waals surface area contributed by atoms with Gasteiger partial charge in [-0.05, 0) is 18.4 Å². The SMILES string of the molecule is CSCc1cc(=O)[nH]c(-c2ccncc2)n1. The van der Waals surface area contributed by atoms with Gasteiger partial charge in [-0.1, -0.05) is 0 Å². The highest BCUT2D eigenvalue weighted by Crippen LogP contribution is 2.13. The molecule has 4 nitrogen and oxygen atoms in total. The van der Waals surface area contributed by atoms with Crippen LogP contribution >= 0.6 is 11.8 Å². The molecule has 2 heterocycles. The second-order valence-electron chi connectivity index (χ2n) is 3.25. The van der Waals surface area contributed by atoms with Gasteiger partial charge in [-0.2, -0.15) is 11.8 Å². The first-order chi connectivity index (χ1) is 7.79. The molecular formula is C11H11N3OS. The average molecular weight is 233 g/mol. The Bertz CT molecular complexity index is 524. The predicted octanol–water partition coefficient (Wildman–Crippen LogP) is 1.69. The van der Waals surface area contributed by atoms with Crippen molar-refractivity contribution in [2.75, 3.05) is 6.26 Å². The summed E-state index contributed by atoms with van der Waals surface area (Å²) < 4.78 is 0. The van der Waals surface area contributed by atoms with Gasteiger partial charge in [0.15, 0.2) is 0 Å². The summed E-state index contributed by atoms with van der Waals surface area (Å²) in [6.45, 7) is 0. The molecule has 0 unspecified atom stereocenters. The van der Waals surface area contributed by atoms with Crippen LogP contribution in [0.15, 0.2) is 35.4 Å². The van der Waals surface area contributed by atoms with Gasteiger partial charge in [-0.25, -0.2) is 4.98 Å². The zero-order chi connectivity index (χ0) is 11.4. The number of H-pyrrole nitrogens is 1. The maximum atomic E-state index is 11.4. The Hall–Kier alpha value is -1.62. The molecule has 82 valence electrons. The standard InChI is InChI=1S/C11H11N3OS/c1-16-7-9-6-10(15)14-11(13-9)8-2-4-12-5-3-8/h2-6H,7H2,1H3,(H,13,14,15). The van der Waals surface area contributed by atoms with Gasteiger partial charge < -0.3 is 4.98 Å². The van der Waals surface area contributed by atoms with Crippen molar-refractivity contribution >= 4 is 11.8 Å². The van der Waals surface area contributed by atoms with Gasteiger partial charge in [0, 0.05) is 29.8 Å². The smallest absolute Gasteiger partial charge is 0.251 e. The van der Waals surface area contributed by atoms with E-state index in [1.165, 1.54) is 6.07 Å². The summed E-state index contributed by atoms with van der Waals surface area (Å²) in [5, 5.41) is 0. The fourth-order valence-electron chi connectivity index (χ4n) is 1.38. The lowest BCUT2D eigenvalue weighted by molar-refractivity contribution is 1.06. The van der Waals surface area contributed by atoms with Gasteiger partial charge in [0.05, 0.1) is 5.69 Å². The molecule has 2 rings (SSSR count). The Morgan fingerprint density at radius 3 is 2.81 bits per heavy atom. The number of aromatic nitrogens is 3. The fraction of sp³-hybridized carbons (Fsp3) is 0.182. The van der Waals surface area contributed by atoms with E-state index in [0.717, 1.165) is 17.0 Å². The summed E-state index contributed by atoms with van der Waals surface area (Å²) >= 11 is 1.64. The molecule has 0 aliphatic heterocycles. The quantitative estimate of drug-likeness (QED) is 0.876. The largest absolute Gasteiger partial charge is 0.307 e. The molecular weight excluding hydrogens is 222 g/mol. The first kappa shape index (κ1) is 10.9. The minimum absolute atomic E-state index is 0.120. The zero-order valence-corrected chi connectivity index (χ0v) is 9.62. The highest BCUT2D eigenvalue weighted by atomic mass is 32.2. The molecule has 16 heavy (non-hydrogen) atoms. The van der Waals surface area contributed by atoms with Gasteiger partial charge in [-0.15, -0.1) is 0 Å². The first-order valence-corrected chi connectivity index (χ1v) is 6.18. The van der Waals surface area contributed by atoms with Gasteiger partial charge in [0.25, 0.3) is 5.56 Å². The maximum absolute atomic E-state index is 11.4. The van der Waals surface area contributed by atoms with E-state index in [9.17, 15) is 4.79 Å². The molecule has 0 atom stereocenters. The Kier molecular flexibility index (Phi) is 3.36. The van der Waals surface area contributed by atoms with Gasteiger partial charge >= 0.3 is 0 Å². The van der Waals surface area contributed by atoms with Crippen molar-refractivity contribution in [2.24, 2.45) is 0 Å². The lowest BCUT2D eigenvalue weighted by atomic mass is 10.2. The van der Waals surface area contributed by atoms with Crippen LogP contribution in [-0.2, 0) is 5.75 Å². The Morgan fingerprint density at radius 2 is 2.12 bits per heavy atom. The van der Waals surface area contributed by atoms with Crippen molar-refractivity contribution in [1.82, 2.24) is 15.0 Å². The molecule has 0 spiro atoms. The third-order valence-electron chi connectivity index (χ3n) is 2.04. The molecule has 0 bridgehead atoms. The minimum Gasteiger partial charge on any atom is -0.307 e. The topological polar surface area (TPSA) is 58.6 Å². The molecule has 0 radical (unpaired) electrons. The average Bonchev–Trinajstić information content (AvgIpc) is 2.30. The van der Waals surface area contributed by atoms with Gasteiger partial charge in [0.2, 0.25) is 0 Å². The summed E-state index contributed by atoms with van der Waals surface area (Å²) in [4.78, 5) is 22.5. The summed E-state index contributed by atoms with van der Waals surface area (Å²) in [7, 11) is 0. The van der Waals surface area contributed by atoms with Crippen molar-refractivity contribution < 1.29 is 0 Å². The van der Waals surface area contributed by atoms with E-state index in [-0.39, 0.29) is 5.56 Å². The van der Waals surface area contributed by atoms with E-state index >= 15 is 0 Å². The number of thioether (sulfide) groups is 1. The van der Waals surface area contributed by atoms with Crippen molar-refractivity contribution in [3.8, 4) is 11.4 Å². The van der Waals surface area contributed by atoms with E-state index in [4.69, 9.17) is 0 Å². The molecule has 0 saturated heterocycles. The molecule has 0 saturated carbocycles. The fourth-order valence-corrected chi connectivity index (χ4v) is 1.82. The van der Waals surface area contributed by atoms with E-state index in [1.54, 1.807) is 24.2 Å². The maximum Gasteiger partial charge on any atom is 0.251 e. The summed E-state index contributed by atoms with van der Waals surface area (Å²) in [5.74, 6) is 1.33. The molecule has 2 aromatic rings. The molecule has 0 amide bonds. The van der Waals surface area contributed by atoms with Crippen LogP contribution in [0.2, 0.25) is 0 Å². The molecule has 1 N–H and O–H groups in total. The molecule has 0 fully saturated rings. The number of pyridine rings is 1. The van der Waals surface area contributed by atoms with Crippen LogP contribution in [0.5, 0.6) is 0 Å². The molecule has 0 aliphatic rings. The minimum atomic E-state index is -0.120. The number of hydrogen-bond acceptors (Lipinski definition) is 4. The van der Waals surface area contributed by atoms with E-state index in [1.807, 2.05) is 18.4 Å². The first-order valence-electron chi connectivity index (χ1n) is 4.79. The van der Waals surface area contributed by atoms with Crippen LogP contribution in [0.1, 0.15) is 5.69 Å². The summed E-state index contributed by atoms with van der Waals surface area (Å²) in [6, 6.07) is 5.17. The molecule has 0 aromatic carbocycles. The van der Waals surface area contributed by atoms with Crippen LogP contribution in [-0.4, -0.2) is 21.2 Å². The molecule has 2 aromatic heterocycles. The number of nitrogens with zero attached hydrogens (tertiary/aromatic N) is 2. The van der Waals surface area contributed by atoms with E-state index in [2.05, 4.69) is 15.0 Å². The third-order valence-corrected chi connectivity index (χ3v) is 2.63. The lowest BCUT2D eigenvalue weighted by Gasteiger charge is -2.02. The second-order valence-corrected chi connectivity index (χ2v) is 4.12. The number of nitrogens with one attached hydrogen (secondary N) is 1. The van der Waals surface area contributed by atoms with Crippen LogP contribution in [0.4, 0.5) is 0 Å². The normalized spacial score (nSPS) is 10.3. The highest BCUT2D eigenvalue weighted by Gasteiger charge is 2.03. The Labute approximate surface area is 97.2 Å². The third kappa shape index (κ3) is 2.49. The Morgan fingerprint density at radius 1 is 1.38 bits per heavy atom. The number of rotatable bonds is 3. The summed E-state index contributed by atoms with van der Waals surface area (Å²) in [6.07, 6.45) is 5.34.